The predicted octanol–water partition coefficient (Wildman–Crippen LogP) is 2.28. The highest BCUT2D eigenvalue weighted by molar-refractivity contribution is 8.13. The van der Waals surface area contributed by atoms with Crippen molar-refractivity contribution in [3.05, 3.63) is 46.0 Å². The van der Waals surface area contributed by atoms with E-state index in [4.69, 9.17) is 0 Å². The Bertz CT molecular complexity index is 337. The molecule has 0 aromatic heterocycles. The van der Waals surface area contributed by atoms with Crippen LogP contribution in [0.4, 0.5) is 0 Å². The molecule has 0 unspecified atom stereocenters. The summed E-state index contributed by atoms with van der Waals surface area (Å²) in [5.41, 5.74) is 0.814. The van der Waals surface area contributed by atoms with E-state index < -0.39 is 10.2 Å². The Morgan fingerprint density at radius 1 is 1.47 bits per heavy atom. The van der Waals surface area contributed by atoms with Crippen LogP contribution in [-0.2, 0) is 4.79 Å². The molecule has 0 aliphatic heterocycles. The molecule has 1 rings (SSSR count). The van der Waals surface area contributed by atoms with Crippen molar-refractivity contribution < 1.29 is 9.72 Å². The zero-order valence-corrected chi connectivity index (χ0v) is 9.07. The summed E-state index contributed by atoms with van der Waals surface area (Å²) in [4.78, 5) is 21.0. The molecule has 0 aliphatic rings. The summed E-state index contributed by atoms with van der Waals surface area (Å²) < 4.78 is 0. The Morgan fingerprint density at radius 2 is 2.07 bits per heavy atom. The molecular weight excluding hydrogens is 214 g/mol. The lowest BCUT2D eigenvalue weighted by Gasteiger charge is -2.10. The highest BCUT2D eigenvalue weighted by Gasteiger charge is 2.19. The molecule has 1 atom stereocenters. The van der Waals surface area contributed by atoms with Gasteiger partial charge >= 0.3 is 0 Å². The minimum Gasteiger partial charge on any atom is -0.288 e. The Kier molecular flexibility index (Phi) is 4.30. The minimum absolute atomic E-state index is 0.106. The molecule has 0 aliphatic carbocycles. The van der Waals surface area contributed by atoms with E-state index in [0.29, 0.717) is 0 Å². The molecule has 80 valence electrons. The van der Waals surface area contributed by atoms with Crippen molar-refractivity contribution in [2.75, 3.05) is 6.54 Å². The van der Waals surface area contributed by atoms with Crippen LogP contribution in [0.3, 0.4) is 0 Å². The summed E-state index contributed by atoms with van der Waals surface area (Å²) in [5, 5.41) is 9.95. The number of carbonyl (C=O) groups excluding carboxylic acids is 1. The van der Waals surface area contributed by atoms with Crippen LogP contribution in [0.2, 0.25) is 0 Å². The number of hydrogen-bond acceptors (Lipinski definition) is 4. The summed E-state index contributed by atoms with van der Waals surface area (Å²) in [6.45, 7) is 1.19. The van der Waals surface area contributed by atoms with Gasteiger partial charge in [0.25, 0.3) is 0 Å². The SMILES string of the molecule is CC(=O)S[C@H](C[N+](=O)[O-])c1ccccc1. The van der Waals surface area contributed by atoms with Crippen molar-refractivity contribution in [2.24, 2.45) is 0 Å². The van der Waals surface area contributed by atoms with Crippen molar-refractivity contribution in [1.29, 1.82) is 0 Å². The lowest BCUT2D eigenvalue weighted by Crippen LogP contribution is -2.11. The van der Waals surface area contributed by atoms with E-state index >= 15 is 0 Å². The third kappa shape index (κ3) is 4.12. The van der Waals surface area contributed by atoms with Crippen LogP contribution < -0.4 is 0 Å². The number of carbonyl (C=O) groups is 1. The van der Waals surface area contributed by atoms with E-state index in [9.17, 15) is 14.9 Å². The van der Waals surface area contributed by atoms with Gasteiger partial charge in [-0.05, 0) is 5.56 Å². The Morgan fingerprint density at radius 3 is 2.53 bits per heavy atom. The highest BCUT2D eigenvalue weighted by Crippen LogP contribution is 2.29. The topological polar surface area (TPSA) is 60.2 Å². The van der Waals surface area contributed by atoms with Gasteiger partial charge in [0, 0.05) is 11.8 Å². The number of hydrogen-bond donors (Lipinski definition) is 0. The predicted molar refractivity (Wildman–Crippen MR) is 59.3 cm³/mol. The summed E-state index contributed by atoms with van der Waals surface area (Å²) in [6.07, 6.45) is 0. The maximum atomic E-state index is 10.9. The molecule has 0 spiro atoms. The first-order valence-corrected chi connectivity index (χ1v) is 5.31. The molecule has 0 fully saturated rings. The van der Waals surface area contributed by atoms with E-state index in [-0.39, 0.29) is 11.7 Å². The van der Waals surface area contributed by atoms with Crippen LogP contribution in [0.5, 0.6) is 0 Å². The van der Waals surface area contributed by atoms with E-state index in [1.165, 1.54) is 6.92 Å². The highest BCUT2D eigenvalue weighted by atomic mass is 32.2. The molecular formula is C10H11NO3S. The molecule has 0 radical (unpaired) electrons. The quantitative estimate of drug-likeness (QED) is 0.582. The number of benzene rings is 1. The fourth-order valence-electron chi connectivity index (χ4n) is 1.21. The molecule has 1 aromatic carbocycles. The van der Waals surface area contributed by atoms with Gasteiger partial charge in [0.1, 0.15) is 5.25 Å². The summed E-state index contributed by atoms with van der Waals surface area (Å²) in [7, 11) is 0. The lowest BCUT2D eigenvalue weighted by atomic mass is 10.1. The first-order chi connectivity index (χ1) is 7.09. The zero-order valence-electron chi connectivity index (χ0n) is 8.25. The molecule has 5 heteroatoms. The number of thioether (sulfide) groups is 1. The van der Waals surface area contributed by atoms with Crippen LogP contribution in [0.15, 0.2) is 30.3 Å². The molecule has 1 aromatic rings. The number of rotatable bonds is 4. The third-order valence-electron chi connectivity index (χ3n) is 1.79. The van der Waals surface area contributed by atoms with E-state index in [1.54, 1.807) is 12.1 Å². The van der Waals surface area contributed by atoms with Crippen LogP contribution in [0, 0.1) is 10.1 Å². The van der Waals surface area contributed by atoms with Crippen LogP contribution in [0.25, 0.3) is 0 Å². The molecule has 0 heterocycles. The first kappa shape index (κ1) is 11.7. The molecule has 0 saturated carbocycles. The van der Waals surface area contributed by atoms with Crippen molar-refractivity contribution in [2.45, 2.75) is 12.2 Å². The Labute approximate surface area is 91.8 Å². The molecule has 0 bridgehead atoms. The van der Waals surface area contributed by atoms with Crippen molar-refractivity contribution in [3.63, 3.8) is 0 Å². The normalized spacial score (nSPS) is 12.1. The molecule has 0 N–H and O–H groups in total. The third-order valence-corrected chi connectivity index (χ3v) is 2.83. The molecule has 0 amide bonds. The van der Waals surface area contributed by atoms with Gasteiger partial charge in [0.15, 0.2) is 5.12 Å². The number of nitro groups is 1. The second-order valence-corrected chi connectivity index (χ2v) is 4.40. The Balaban J connectivity index is 2.81. The zero-order chi connectivity index (χ0) is 11.3. The van der Waals surface area contributed by atoms with Crippen molar-refractivity contribution in [1.82, 2.24) is 0 Å². The van der Waals surface area contributed by atoms with E-state index in [1.807, 2.05) is 18.2 Å². The van der Waals surface area contributed by atoms with E-state index in [0.717, 1.165) is 17.3 Å². The van der Waals surface area contributed by atoms with Gasteiger partial charge in [-0.3, -0.25) is 14.9 Å². The first-order valence-electron chi connectivity index (χ1n) is 4.43. The van der Waals surface area contributed by atoms with Crippen molar-refractivity contribution in [3.8, 4) is 0 Å². The lowest BCUT2D eigenvalue weighted by molar-refractivity contribution is -0.479. The van der Waals surface area contributed by atoms with E-state index in [2.05, 4.69) is 0 Å². The smallest absolute Gasteiger partial charge is 0.220 e. The van der Waals surface area contributed by atoms with Gasteiger partial charge in [-0.25, -0.2) is 0 Å². The number of nitrogens with zero attached hydrogens (tertiary/aromatic N) is 1. The second kappa shape index (κ2) is 5.50. The minimum atomic E-state index is -0.395. The average Bonchev–Trinajstić information content (AvgIpc) is 2.17. The molecule has 15 heavy (non-hydrogen) atoms. The van der Waals surface area contributed by atoms with Crippen LogP contribution in [0.1, 0.15) is 17.7 Å². The Hall–Kier alpha value is -1.36. The fraction of sp³-hybridized carbons (Fsp3) is 0.300. The van der Waals surface area contributed by atoms with Gasteiger partial charge in [0.05, 0.1) is 0 Å². The van der Waals surface area contributed by atoms with Gasteiger partial charge in [-0.2, -0.15) is 0 Å². The van der Waals surface area contributed by atoms with Crippen LogP contribution in [-0.4, -0.2) is 16.6 Å². The van der Waals surface area contributed by atoms with Gasteiger partial charge in [-0.15, -0.1) is 0 Å². The average molecular weight is 225 g/mol. The van der Waals surface area contributed by atoms with Gasteiger partial charge < -0.3 is 0 Å². The second-order valence-electron chi connectivity index (χ2n) is 3.02. The summed E-state index contributed by atoms with van der Waals surface area (Å²) in [6, 6.07) is 9.05. The summed E-state index contributed by atoms with van der Waals surface area (Å²) >= 11 is 1.00. The van der Waals surface area contributed by atoms with Gasteiger partial charge in [-0.1, -0.05) is 42.1 Å². The maximum absolute atomic E-state index is 10.9. The van der Waals surface area contributed by atoms with Crippen LogP contribution >= 0.6 is 11.8 Å². The molecule has 4 nitrogen and oxygen atoms in total. The summed E-state index contributed by atoms with van der Waals surface area (Å²) in [5.74, 6) is 0. The maximum Gasteiger partial charge on any atom is 0.220 e. The van der Waals surface area contributed by atoms with Crippen molar-refractivity contribution >= 4 is 16.9 Å². The fourth-order valence-corrected chi connectivity index (χ4v) is 2.10. The largest absolute Gasteiger partial charge is 0.288 e. The molecule has 0 saturated heterocycles. The standard InChI is InChI=1S/C10H11NO3S/c1-8(12)15-10(7-11(13)14)9-5-3-2-4-6-9/h2-6,10H,7H2,1H3/t10-/m1/s1. The monoisotopic (exact) mass is 225 g/mol. The van der Waals surface area contributed by atoms with Gasteiger partial charge in [0.2, 0.25) is 6.54 Å².